The Hall–Kier alpha value is 0.350. The van der Waals surface area contributed by atoms with Gasteiger partial charge in [0.15, 0.2) is 0 Å². The number of rotatable bonds is 7. The average molecular weight is 355 g/mol. The van der Waals surface area contributed by atoms with Crippen molar-refractivity contribution in [2.75, 3.05) is 25.0 Å². The molecule has 1 saturated heterocycles. The van der Waals surface area contributed by atoms with Crippen LogP contribution in [-0.4, -0.2) is 37.7 Å². The molecule has 114 valence electrons. The molecule has 1 fully saturated rings. The van der Waals surface area contributed by atoms with Crippen molar-refractivity contribution in [1.29, 1.82) is 0 Å². The van der Waals surface area contributed by atoms with Crippen LogP contribution in [0.2, 0.25) is 0 Å². The summed E-state index contributed by atoms with van der Waals surface area (Å²) in [5.41, 5.74) is 0.0267. The van der Waals surface area contributed by atoms with E-state index in [-0.39, 0.29) is 5.41 Å². The summed E-state index contributed by atoms with van der Waals surface area (Å²) in [7, 11) is -3.31. The SMILES string of the molecule is CCC(CC)(CBr)CNS(=O)(=O)N1CCCCCC1. The van der Waals surface area contributed by atoms with E-state index in [1.807, 2.05) is 0 Å². The molecule has 1 aliphatic heterocycles. The fourth-order valence-corrected chi connectivity index (χ4v) is 4.76. The van der Waals surface area contributed by atoms with Crippen molar-refractivity contribution in [3.63, 3.8) is 0 Å². The molecule has 4 nitrogen and oxygen atoms in total. The number of alkyl halides is 1. The highest BCUT2D eigenvalue weighted by molar-refractivity contribution is 9.09. The molecule has 6 heteroatoms. The third kappa shape index (κ3) is 4.99. The molecule has 0 aliphatic carbocycles. The maximum absolute atomic E-state index is 12.3. The minimum absolute atomic E-state index is 0.0267. The standard InChI is InChI=1S/C13H27BrN2O2S/c1-3-13(4-2,11-14)12-15-19(17,18)16-9-7-5-6-8-10-16/h15H,3-12H2,1-2H3. The summed E-state index contributed by atoms with van der Waals surface area (Å²) in [5.74, 6) is 0. The molecule has 0 aromatic carbocycles. The second kappa shape index (κ2) is 7.96. The van der Waals surface area contributed by atoms with Gasteiger partial charge in [0.1, 0.15) is 0 Å². The van der Waals surface area contributed by atoms with E-state index in [1.54, 1.807) is 4.31 Å². The summed E-state index contributed by atoms with van der Waals surface area (Å²) in [5, 5.41) is 0.829. The topological polar surface area (TPSA) is 49.4 Å². The Morgan fingerprint density at radius 2 is 1.63 bits per heavy atom. The first-order valence-electron chi connectivity index (χ1n) is 7.30. The van der Waals surface area contributed by atoms with Crippen molar-refractivity contribution in [3.8, 4) is 0 Å². The van der Waals surface area contributed by atoms with E-state index in [9.17, 15) is 8.42 Å². The molecule has 1 N–H and O–H groups in total. The highest BCUT2D eigenvalue weighted by Crippen LogP contribution is 2.28. The van der Waals surface area contributed by atoms with Gasteiger partial charge in [-0.25, -0.2) is 4.72 Å². The van der Waals surface area contributed by atoms with Crippen LogP contribution in [0.1, 0.15) is 52.4 Å². The molecule has 19 heavy (non-hydrogen) atoms. The Morgan fingerprint density at radius 3 is 2.05 bits per heavy atom. The summed E-state index contributed by atoms with van der Waals surface area (Å²) < 4.78 is 29.1. The van der Waals surface area contributed by atoms with Crippen molar-refractivity contribution in [2.45, 2.75) is 52.4 Å². The van der Waals surface area contributed by atoms with E-state index in [0.29, 0.717) is 19.6 Å². The lowest BCUT2D eigenvalue weighted by Crippen LogP contribution is -2.46. The van der Waals surface area contributed by atoms with Crippen molar-refractivity contribution < 1.29 is 8.42 Å². The average Bonchev–Trinajstić information content (AvgIpc) is 2.70. The molecule has 0 atom stereocenters. The summed E-state index contributed by atoms with van der Waals surface area (Å²) in [4.78, 5) is 0. The largest absolute Gasteiger partial charge is 0.279 e. The maximum Gasteiger partial charge on any atom is 0.279 e. The van der Waals surface area contributed by atoms with Gasteiger partial charge in [0.2, 0.25) is 0 Å². The Morgan fingerprint density at radius 1 is 1.11 bits per heavy atom. The van der Waals surface area contributed by atoms with E-state index in [0.717, 1.165) is 43.9 Å². The highest BCUT2D eigenvalue weighted by atomic mass is 79.9. The number of nitrogens with zero attached hydrogens (tertiary/aromatic N) is 1. The van der Waals surface area contributed by atoms with E-state index in [4.69, 9.17) is 0 Å². The first-order valence-corrected chi connectivity index (χ1v) is 9.86. The first-order chi connectivity index (χ1) is 8.99. The molecule has 0 aromatic rings. The fraction of sp³-hybridized carbons (Fsp3) is 1.00. The minimum Gasteiger partial charge on any atom is -0.202 e. The zero-order chi connectivity index (χ0) is 14.4. The molecule has 1 heterocycles. The molecule has 0 unspecified atom stereocenters. The molecule has 1 rings (SSSR count). The number of hydrogen-bond donors (Lipinski definition) is 1. The Labute approximate surface area is 126 Å². The van der Waals surface area contributed by atoms with Gasteiger partial charge in [-0.2, -0.15) is 12.7 Å². The predicted octanol–water partition coefficient (Wildman–Crippen LogP) is 2.90. The Kier molecular flexibility index (Phi) is 7.29. The van der Waals surface area contributed by atoms with Gasteiger partial charge < -0.3 is 0 Å². The van der Waals surface area contributed by atoms with Gasteiger partial charge in [0.05, 0.1) is 0 Å². The lowest BCUT2D eigenvalue weighted by atomic mass is 9.85. The third-order valence-electron chi connectivity index (χ3n) is 4.32. The van der Waals surface area contributed by atoms with Crippen LogP contribution in [0.15, 0.2) is 0 Å². The summed E-state index contributed by atoms with van der Waals surface area (Å²) >= 11 is 3.52. The second-order valence-corrected chi connectivity index (χ2v) is 7.80. The normalized spacial score (nSPS) is 19.3. The zero-order valence-electron chi connectivity index (χ0n) is 12.1. The van der Waals surface area contributed by atoms with Gasteiger partial charge >= 0.3 is 0 Å². The van der Waals surface area contributed by atoms with Crippen molar-refractivity contribution >= 4 is 26.1 Å². The minimum atomic E-state index is -3.31. The summed E-state index contributed by atoms with van der Waals surface area (Å²) in [6, 6.07) is 0. The monoisotopic (exact) mass is 354 g/mol. The van der Waals surface area contributed by atoms with Gasteiger partial charge in [-0.1, -0.05) is 42.6 Å². The maximum atomic E-state index is 12.3. The second-order valence-electron chi connectivity index (χ2n) is 5.48. The van der Waals surface area contributed by atoms with Crippen LogP contribution >= 0.6 is 15.9 Å². The van der Waals surface area contributed by atoms with Gasteiger partial charge in [0.25, 0.3) is 10.2 Å². The lowest BCUT2D eigenvalue weighted by molar-refractivity contribution is 0.304. The van der Waals surface area contributed by atoms with Crippen molar-refractivity contribution in [2.24, 2.45) is 5.41 Å². The summed E-state index contributed by atoms with van der Waals surface area (Å²) in [6.07, 6.45) is 6.18. The molecule has 1 aliphatic rings. The van der Waals surface area contributed by atoms with Gasteiger partial charge in [0, 0.05) is 25.0 Å². The lowest BCUT2D eigenvalue weighted by Gasteiger charge is -2.31. The van der Waals surface area contributed by atoms with Gasteiger partial charge in [-0.15, -0.1) is 0 Å². The van der Waals surface area contributed by atoms with Crippen molar-refractivity contribution in [3.05, 3.63) is 0 Å². The molecule has 0 spiro atoms. The Balaban J connectivity index is 2.63. The molecule has 0 aromatic heterocycles. The van der Waals surface area contributed by atoms with Crippen LogP contribution in [0.4, 0.5) is 0 Å². The number of halogens is 1. The molecule has 0 amide bonds. The molecular formula is C13H27BrN2O2S. The van der Waals surface area contributed by atoms with E-state index < -0.39 is 10.2 Å². The smallest absolute Gasteiger partial charge is 0.202 e. The predicted molar refractivity (Wildman–Crippen MR) is 83.8 cm³/mol. The molecule has 0 saturated carbocycles. The Bertz CT molecular complexity index is 339. The molecule has 0 radical (unpaired) electrons. The zero-order valence-corrected chi connectivity index (χ0v) is 14.5. The highest BCUT2D eigenvalue weighted by Gasteiger charge is 2.29. The first kappa shape index (κ1) is 17.4. The van der Waals surface area contributed by atoms with Crippen LogP contribution in [0, 0.1) is 5.41 Å². The third-order valence-corrected chi connectivity index (χ3v) is 7.06. The quantitative estimate of drug-likeness (QED) is 0.714. The van der Waals surface area contributed by atoms with E-state index in [2.05, 4.69) is 34.5 Å². The van der Waals surface area contributed by atoms with Crippen molar-refractivity contribution in [1.82, 2.24) is 9.03 Å². The van der Waals surface area contributed by atoms with E-state index >= 15 is 0 Å². The summed E-state index contributed by atoms with van der Waals surface area (Å²) in [6.45, 7) is 6.07. The van der Waals surface area contributed by atoms with Crippen LogP contribution in [0.5, 0.6) is 0 Å². The van der Waals surface area contributed by atoms with Gasteiger partial charge in [-0.3, -0.25) is 0 Å². The molecule has 0 bridgehead atoms. The number of hydrogen-bond acceptors (Lipinski definition) is 2. The van der Waals surface area contributed by atoms with Crippen LogP contribution in [0.3, 0.4) is 0 Å². The number of nitrogens with one attached hydrogen (secondary N) is 1. The van der Waals surface area contributed by atoms with Crippen LogP contribution in [-0.2, 0) is 10.2 Å². The molecular weight excluding hydrogens is 328 g/mol. The van der Waals surface area contributed by atoms with E-state index in [1.165, 1.54) is 0 Å². The van der Waals surface area contributed by atoms with Crippen LogP contribution < -0.4 is 4.72 Å². The fourth-order valence-electron chi connectivity index (χ4n) is 2.35. The van der Waals surface area contributed by atoms with Crippen LogP contribution in [0.25, 0.3) is 0 Å². The van der Waals surface area contributed by atoms with Gasteiger partial charge in [-0.05, 0) is 31.1 Å².